The Morgan fingerprint density at radius 2 is 2.06 bits per heavy atom. The molecule has 1 aromatic heterocycles. The summed E-state index contributed by atoms with van der Waals surface area (Å²) in [5, 5.41) is 15.9. The number of hydrogen-bond donors (Lipinski definition) is 1. The second-order valence-corrected chi connectivity index (χ2v) is 4.30. The Balaban J connectivity index is 2.18. The van der Waals surface area contributed by atoms with Gasteiger partial charge in [0.15, 0.2) is 0 Å². The van der Waals surface area contributed by atoms with Gasteiger partial charge in [-0.2, -0.15) is 4.80 Å². The smallest absolute Gasteiger partial charge is 0.204 e. The van der Waals surface area contributed by atoms with Gasteiger partial charge in [0, 0.05) is 12.1 Å². The van der Waals surface area contributed by atoms with Crippen LogP contribution in [0.3, 0.4) is 0 Å². The average Bonchev–Trinajstić information content (AvgIpc) is 2.89. The van der Waals surface area contributed by atoms with E-state index in [1.54, 1.807) is 4.80 Å². The molecule has 0 radical (unpaired) electrons. The Bertz CT molecular complexity index is 459. The molecule has 0 aliphatic carbocycles. The molecule has 0 bridgehead atoms. The van der Waals surface area contributed by atoms with Crippen molar-refractivity contribution in [2.24, 2.45) is 0 Å². The SMILES string of the molecule is CCCC(CNC)n1nnc(-c2ccccc2)n1. The largest absolute Gasteiger partial charge is 0.318 e. The molecule has 0 spiro atoms. The van der Waals surface area contributed by atoms with E-state index in [1.165, 1.54) is 0 Å². The van der Waals surface area contributed by atoms with Crippen LogP contribution in [0.5, 0.6) is 0 Å². The molecule has 0 saturated heterocycles. The summed E-state index contributed by atoms with van der Waals surface area (Å²) < 4.78 is 0. The molecule has 5 nitrogen and oxygen atoms in total. The molecule has 2 rings (SSSR count). The van der Waals surface area contributed by atoms with Gasteiger partial charge in [-0.3, -0.25) is 0 Å². The van der Waals surface area contributed by atoms with Crippen LogP contribution in [-0.4, -0.2) is 33.8 Å². The van der Waals surface area contributed by atoms with Crippen LogP contribution in [0.15, 0.2) is 30.3 Å². The van der Waals surface area contributed by atoms with Crippen LogP contribution in [-0.2, 0) is 0 Å². The number of rotatable bonds is 6. The fourth-order valence-electron chi connectivity index (χ4n) is 1.95. The topological polar surface area (TPSA) is 55.6 Å². The van der Waals surface area contributed by atoms with Crippen molar-refractivity contribution in [1.29, 1.82) is 0 Å². The fraction of sp³-hybridized carbons (Fsp3) is 0.462. The lowest BCUT2D eigenvalue weighted by atomic mass is 10.2. The Hall–Kier alpha value is -1.75. The molecule has 0 saturated carbocycles. The first kappa shape index (κ1) is 12.7. The molecular formula is C13H19N5. The lowest BCUT2D eigenvalue weighted by molar-refractivity contribution is 0.360. The zero-order chi connectivity index (χ0) is 12.8. The van der Waals surface area contributed by atoms with E-state index in [0.717, 1.165) is 24.9 Å². The van der Waals surface area contributed by atoms with Gasteiger partial charge >= 0.3 is 0 Å². The van der Waals surface area contributed by atoms with Crippen LogP contribution in [0.4, 0.5) is 0 Å². The van der Waals surface area contributed by atoms with Crippen LogP contribution in [0.1, 0.15) is 25.8 Å². The summed E-state index contributed by atoms with van der Waals surface area (Å²) in [5.74, 6) is 0.688. The van der Waals surface area contributed by atoms with Crippen molar-refractivity contribution in [3.8, 4) is 11.4 Å². The zero-order valence-electron chi connectivity index (χ0n) is 10.9. The van der Waals surface area contributed by atoms with E-state index in [4.69, 9.17) is 0 Å². The van der Waals surface area contributed by atoms with Crippen LogP contribution in [0.2, 0.25) is 0 Å². The van der Waals surface area contributed by atoms with Gasteiger partial charge in [-0.05, 0) is 18.7 Å². The average molecular weight is 245 g/mol. The zero-order valence-corrected chi connectivity index (χ0v) is 10.9. The fourth-order valence-corrected chi connectivity index (χ4v) is 1.95. The Morgan fingerprint density at radius 3 is 2.72 bits per heavy atom. The van der Waals surface area contributed by atoms with E-state index < -0.39 is 0 Å². The Morgan fingerprint density at radius 1 is 1.28 bits per heavy atom. The van der Waals surface area contributed by atoms with Crippen LogP contribution in [0.25, 0.3) is 11.4 Å². The summed E-state index contributed by atoms with van der Waals surface area (Å²) >= 11 is 0. The first-order chi connectivity index (χ1) is 8.85. The summed E-state index contributed by atoms with van der Waals surface area (Å²) in [4.78, 5) is 1.72. The van der Waals surface area contributed by atoms with E-state index in [0.29, 0.717) is 5.82 Å². The summed E-state index contributed by atoms with van der Waals surface area (Å²) in [6.45, 7) is 3.02. The highest BCUT2D eigenvalue weighted by atomic mass is 15.6. The highest BCUT2D eigenvalue weighted by Crippen LogP contribution is 2.15. The Labute approximate surface area is 107 Å². The molecule has 0 fully saturated rings. The maximum atomic E-state index is 4.47. The van der Waals surface area contributed by atoms with Crippen molar-refractivity contribution in [2.45, 2.75) is 25.8 Å². The van der Waals surface area contributed by atoms with Crippen molar-refractivity contribution in [2.75, 3.05) is 13.6 Å². The van der Waals surface area contributed by atoms with Gasteiger partial charge in [0.1, 0.15) is 0 Å². The van der Waals surface area contributed by atoms with E-state index >= 15 is 0 Å². The van der Waals surface area contributed by atoms with Gasteiger partial charge in [0.05, 0.1) is 6.04 Å². The lowest BCUT2D eigenvalue weighted by Crippen LogP contribution is -2.24. The van der Waals surface area contributed by atoms with Crippen LogP contribution in [0, 0.1) is 0 Å². The normalized spacial score (nSPS) is 12.6. The number of likely N-dealkylation sites (N-methyl/N-ethyl adjacent to an activating group) is 1. The second-order valence-electron chi connectivity index (χ2n) is 4.30. The minimum Gasteiger partial charge on any atom is -0.318 e. The highest BCUT2D eigenvalue weighted by molar-refractivity contribution is 5.52. The number of nitrogens with one attached hydrogen (secondary N) is 1. The molecule has 0 aliphatic heterocycles. The van der Waals surface area contributed by atoms with Crippen molar-refractivity contribution in [3.63, 3.8) is 0 Å². The molecule has 1 unspecified atom stereocenters. The van der Waals surface area contributed by atoms with Gasteiger partial charge in [-0.25, -0.2) is 0 Å². The summed E-state index contributed by atoms with van der Waals surface area (Å²) in [7, 11) is 1.94. The molecule has 2 aromatic rings. The second kappa shape index (κ2) is 6.26. The van der Waals surface area contributed by atoms with E-state index in [9.17, 15) is 0 Å². The first-order valence-corrected chi connectivity index (χ1v) is 6.34. The number of aromatic nitrogens is 4. The Kier molecular flexibility index (Phi) is 4.41. The molecule has 1 atom stereocenters. The number of benzene rings is 1. The van der Waals surface area contributed by atoms with E-state index in [1.807, 2.05) is 37.4 Å². The summed E-state index contributed by atoms with van der Waals surface area (Å²) in [6.07, 6.45) is 2.15. The molecule has 18 heavy (non-hydrogen) atoms. The third-order valence-electron chi connectivity index (χ3n) is 2.85. The monoisotopic (exact) mass is 245 g/mol. The van der Waals surface area contributed by atoms with Gasteiger partial charge in [0.2, 0.25) is 5.82 Å². The van der Waals surface area contributed by atoms with E-state index in [-0.39, 0.29) is 6.04 Å². The minimum absolute atomic E-state index is 0.268. The van der Waals surface area contributed by atoms with Crippen molar-refractivity contribution in [1.82, 2.24) is 25.5 Å². The third-order valence-corrected chi connectivity index (χ3v) is 2.85. The minimum atomic E-state index is 0.268. The number of tetrazole rings is 1. The number of hydrogen-bond acceptors (Lipinski definition) is 4. The standard InChI is InChI=1S/C13H19N5/c1-3-7-12(10-14-2)18-16-13(15-17-18)11-8-5-4-6-9-11/h4-6,8-9,12,14H,3,7,10H2,1-2H3. The molecule has 0 aliphatic rings. The highest BCUT2D eigenvalue weighted by Gasteiger charge is 2.13. The quantitative estimate of drug-likeness (QED) is 0.844. The lowest BCUT2D eigenvalue weighted by Gasteiger charge is -2.13. The molecule has 1 N–H and O–H groups in total. The van der Waals surface area contributed by atoms with Crippen LogP contribution >= 0.6 is 0 Å². The molecule has 96 valence electrons. The predicted molar refractivity (Wildman–Crippen MR) is 71.1 cm³/mol. The van der Waals surface area contributed by atoms with Crippen molar-refractivity contribution >= 4 is 0 Å². The molecule has 1 aromatic carbocycles. The van der Waals surface area contributed by atoms with Gasteiger partial charge in [-0.15, -0.1) is 10.2 Å². The van der Waals surface area contributed by atoms with E-state index in [2.05, 4.69) is 27.7 Å². The number of nitrogens with zero attached hydrogens (tertiary/aromatic N) is 4. The predicted octanol–water partition coefficient (Wildman–Crippen LogP) is 1.90. The third kappa shape index (κ3) is 2.92. The van der Waals surface area contributed by atoms with Gasteiger partial charge in [-0.1, -0.05) is 43.7 Å². The maximum absolute atomic E-state index is 4.47. The maximum Gasteiger partial charge on any atom is 0.204 e. The summed E-state index contributed by atoms with van der Waals surface area (Å²) in [5.41, 5.74) is 1.00. The molecule has 5 heteroatoms. The van der Waals surface area contributed by atoms with Crippen LogP contribution < -0.4 is 5.32 Å². The summed E-state index contributed by atoms with van der Waals surface area (Å²) in [6, 6.07) is 10.2. The van der Waals surface area contributed by atoms with Gasteiger partial charge in [0.25, 0.3) is 0 Å². The molecular weight excluding hydrogens is 226 g/mol. The van der Waals surface area contributed by atoms with Crippen molar-refractivity contribution < 1.29 is 0 Å². The first-order valence-electron chi connectivity index (χ1n) is 6.34. The molecule has 1 heterocycles. The van der Waals surface area contributed by atoms with Gasteiger partial charge < -0.3 is 5.32 Å². The molecule has 0 amide bonds. The van der Waals surface area contributed by atoms with Crippen molar-refractivity contribution in [3.05, 3.63) is 30.3 Å².